The number of sulfonamides is 1. The summed E-state index contributed by atoms with van der Waals surface area (Å²) in [6.07, 6.45) is 13.2. The van der Waals surface area contributed by atoms with E-state index in [0.29, 0.717) is 4.90 Å². The van der Waals surface area contributed by atoms with Crippen molar-refractivity contribution >= 4 is 10.0 Å². The minimum atomic E-state index is -3.71. The molecule has 0 radical (unpaired) electrons. The fraction of sp³-hybridized carbons (Fsp3) is 0.727. The number of nitrogens with zero attached hydrogens (tertiary/aromatic N) is 1. The Morgan fingerprint density at radius 3 is 1.82 bits per heavy atom. The second-order valence-electron chi connectivity index (χ2n) is 7.39. The number of benzene rings is 1. The summed E-state index contributed by atoms with van der Waals surface area (Å²) in [7, 11) is -3.71. The van der Waals surface area contributed by atoms with E-state index in [9.17, 15) is 8.42 Å². The maximum atomic E-state index is 12.9. The van der Waals surface area contributed by atoms with Crippen molar-refractivity contribution in [2.24, 2.45) is 0 Å². The molecule has 0 aliphatic heterocycles. The summed E-state index contributed by atoms with van der Waals surface area (Å²) in [4.78, 5) is 0.299. The monoisotopic (exact) mass is 413 g/mol. The average Bonchev–Trinajstić information content (AvgIpc) is 2.69. The normalized spacial score (nSPS) is 12.0. The number of hydrogen-bond acceptors (Lipinski definition) is 4. The van der Waals surface area contributed by atoms with Gasteiger partial charge in [0.25, 0.3) is 0 Å². The van der Waals surface area contributed by atoms with E-state index in [1.807, 2.05) is 12.1 Å². The number of hydrogen-bond donors (Lipinski definition) is 2. The third kappa shape index (κ3) is 9.03. The van der Waals surface area contributed by atoms with Crippen LogP contribution < -0.4 is 0 Å². The van der Waals surface area contributed by atoms with Crippen LogP contribution in [0, 0.1) is 0 Å². The minimum absolute atomic E-state index is 0.00448. The zero-order valence-electron chi connectivity index (χ0n) is 17.5. The molecule has 1 rings (SSSR count). The first-order valence-electron chi connectivity index (χ1n) is 10.9. The van der Waals surface area contributed by atoms with E-state index < -0.39 is 10.0 Å². The molecule has 0 atom stereocenters. The average molecular weight is 414 g/mol. The lowest BCUT2D eigenvalue weighted by Crippen LogP contribution is -2.36. The highest BCUT2D eigenvalue weighted by molar-refractivity contribution is 7.89. The molecule has 162 valence electrons. The number of unbranched alkanes of at least 4 members (excludes halogenated alkanes) is 9. The van der Waals surface area contributed by atoms with Gasteiger partial charge in [0.2, 0.25) is 10.0 Å². The largest absolute Gasteiger partial charge is 0.395 e. The molecule has 0 saturated carbocycles. The van der Waals surface area contributed by atoms with Gasteiger partial charge >= 0.3 is 0 Å². The van der Waals surface area contributed by atoms with Crippen molar-refractivity contribution < 1.29 is 18.6 Å². The molecule has 0 unspecified atom stereocenters. The van der Waals surface area contributed by atoms with E-state index in [1.165, 1.54) is 51.4 Å². The Balaban J connectivity index is 2.49. The van der Waals surface area contributed by atoms with Crippen LogP contribution in [0.2, 0.25) is 0 Å². The van der Waals surface area contributed by atoms with Crippen LogP contribution >= 0.6 is 0 Å². The van der Waals surface area contributed by atoms with Crippen molar-refractivity contribution in [1.82, 2.24) is 4.31 Å². The first-order chi connectivity index (χ1) is 13.6. The van der Waals surface area contributed by atoms with Gasteiger partial charge in [-0.2, -0.15) is 4.31 Å². The molecule has 5 nitrogen and oxygen atoms in total. The van der Waals surface area contributed by atoms with E-state index in [4.69, 9.17) is 10.2 Å². The molecule has 0 amide bonds. The zero-order valence-corrected chi connectivity index (χ0v) is 18.3. The third-order valence-corrected chi connectivity index (χ3v) is 7.09. The molecule has 0 aliphatic carbocycles. The maximum Gasteiger partial charge on any atom is 0.243 e. The molecule has 0 fully saturated rings. The van der Waals surface area contributed by atoms with Crippen LogP contribution in [0.25, 0.3) is 0 Å². The Bertz CT molecular complexity index is 613. The standard InChI is InChI=1S/C22H39NO4S/c1-2-3-4-5-6-7-8-9-10-11-14-21-15-12-13-16-22(21)28(26,27)23(17-19-24)18-20-25/h12-13,15-16,24-25H,2-11,14,17-20H2,1H3. The van der Waals surface area contributed by atoms with Crippen LogP contribution in [-0.2, 0) is 16.4 Å². The van der Waals surface area contributed by atoms with Crippen molar-refractivity contribution in [2.75, 3.05) is 26.3 Å². The van der Waals surface area contributed by atoms with Gasteiger partial charge in [0.05, 0.1) is 18.1 Å². The highest BCUT2D eigenvalue weighted by Crippen LogP contribution is 2.22. The molecule has 28 heavy (non-hydrogen) atoms. The van der Waals surface area contributed by atoms with Crippen LogP contribution in [-0.4, -0.2) is 49.2 Å². The smallest absolute Gasteiger partial charge is 0.243 e. The highest BCUT2D eigenvalue weighted by Gasteiger charge is 2.25. The Morgan fingerprint density at radius 1 is 0.786 bits per heavy atom. The molecule has 0 heterocycles. The van der Waals surface area contributed by atoms with Crippen LogP contribution in [0.4, 0.5) is 0 Å². The molecule has 1 aromatic carbocycles. The van der Waals surface area contributed by atoms with Crippen molar-refractivity contribution in [3.63, 3.8) is 0 Å². The first-order valence-corrected chi connectivity index (χ1v) is 12.3. The van der Waals surface area contributed by atoms with Crippen LogP contribution in [0.5, 0.6) is 0 Å². The Labute approximate surface area is 171 Å². The van der Waals surface area contributed by atoms with Gasteiger partial charge < -0.3 is 10.2 Å². The summed E-state index contributed by atoms with van der Waals surface area (Å²) in [5, 5.41) is 18.3. The molecular formula is C22H39NO4S. The summed E-state index contributed by atoms with van der Waals surface area (Å²) >= 11 is 0. The second-order valence-corrected chi connectivity index (χ2v) is 9.30. The Hall–Kier alpha value is -0.950. The minimum Gasteiger partial charge on any atom is -0.395 e. The van der Waals surface area contributed by atoms with E-state index in [1.54, 1.807) is 12.1 Å². The molecule has 6 heteroatoms. The molecule has 2 N–H and O–H groups in total. The van der Waals surface area contributed by atoms with Gasteiger partial charge in [-0.05, 0) is 24.5 Å². The summed E-state index contributed by atoms with van der Waals surface area (Å²) < 4.78 is 27.0. The summed E-state index contributed by atoms with van der Waals surface area (Å²) in [5.74, 6) is 0. The topological polar surface area (TPSA) is 77.8 Å². The lowest BCUT2D eigenvalue weighted by molar-refractivity contribution is 0.217. The summed E-state index contributed by atoms with van der Waals surface area (Å²) in [5.41, 5.74) is 0.822. The van der Waals surface area contributed by atoms with Gasteiger partial charge in [0.15, 0.2) is 0 Å². The van der Waals surface area contributed by atoms with Gasteiger partial charge in [-0.1, -0.05) is 82.9 Å². The van der Waals surface area contributed by atoms with Crippen LogP contribution in [0.1, 0.15) is 76.7 Å². The lowest BCUT2D eigenvalue weighted by Gasteiger charge is -2.22. The van der Waals surface area contributed by atoms with Gasteiger partial charge in [0, 0.05) is 13.1 Å². The molecule has 0 bridgehead atoms. The van der Waals surface area contributed by atoms with Crippen LogP contribution in [0.3, 0.4) is 0 Å². The predicted octanol–water partition coefficient (Wildman–Crippen LogP) is 4.13. The van der Waals surface area contributed by atoms with Gasteiger partial charge in [-0.15, -0.1) is 0 Å². The van der Waals surface area contributed by atoms with Gasteiger partial charge in [-0.3, -0.25) is 0 Å². The van der Waals surface area contributed by atoms with E-state index in [-0.39, 0.29) is 26.3 Å². The first kappa shape index (κ1) is 25.1. The molecule has 0 aliphatic rings. The van der Waals surface area contributed by atoms with Crippen molar-refractivity contribution in [3.05, 3.63) is 29.8 Å². The van der Waals surface area contributed by atoms with Crippen molar-refractivity contribution in [2.45, 2.75) is 82.4 Å². The molecule has 0 spiro atoms. The fourth-order valence-electron chi connectivity index (χ4n) is 3.48. The number of aliphatic hydroxyl groups excluding tert-OH is 2. The molecule has 0 aromatic heterocycles. The summed E-state index contributed by atoms with van der Waals surface area (Å²) in [6.45, 7) is 1.70. The maximum absolute atomic E-state index is 12.9. The predicted molar refractivity (Wildman–Crippen MR) is 115 cm³/mol. The second kappa shape index (κ2) is 15.0. The van der Waals surface area contributed by atoms with Crippen molar-refractivity contribution in [3.8, 4) is 0 Å². The lowest BCUT2D eigenvalue weighted by atomic mass is 10.0. The third-order valence-electron chi connectivity index (χ3n) is 5.09. The molecule has 1 aromatic rings. The number of aliphatic hydroxyl groups is 2. The highest BCUT2D eigenvalue weighted by atomic mass is 32.2. The number of aryl methyl sites for hydroxylation is 1. The number of rotatable bonds is 17. The van der Waals surface area contributed by atoms with Crippen LogP contribution in [0.15, 0.2) is 29.2 Å². The van der Waals surface area contributed by atoms with Gasteiger partial charge in [0.1, 0.15) is 0 Å². The van der Waals surface area contributed by atoms with Crippen molar-refractivity contribution in [1.29, 1.82) is 0 Å². The quantitative estimate of drug-likeness (QED) is 0.377. The van der Waals surface area contributed by atoms with Gasteiger partial charge in [-0.25, -0.2) is 8.42 Å². The Morgan fingerprint density at radius 2 is 1.29 bits per heavy atom. The Kier molecular flexibility index (Phi) is 13.4. The fourth-order valence-corrected chi connectivity index (χ4v) is 5.15. The van der Waals surface area contributed by atoms with E-state index >= 15 is 0 Å². The SMILES string of the molecule is CCCCCCCCCCCCc1ccccc1S(=O)(=O)N(CCO)CCO. The summed E-state index contributed by atoms with van der Waals surface area (Å²) in [6, 6.07) is 7.09. The molecule has 0 saturated heterocycles. The van der Waals surface area contributed by atoms with E-state index in [2.05, 4.69) is 6.92 Å². The molecular weight excluding hydrogens is 374 g/mol. The zero-order chi connectivity index (χ0) is 20.7. The van der Waals surface area contributed by atoms with E-state index in [0.717, 1.165) is 29.1 Å².